The highest BCUT2D eigenvalue weighted by Gasteiger charge is 2.13. The Kier molecular flexibility index (Phi) is 7.08. The molecule has 0 radical (unpaired) electrons. The number of aromatic nitrogens is 4. The van der Waals surface area contributed by atoms with Crippen LogP contribution in [0, 0.1) is 0 Å². The van der Waals surface area contributed by atoms with Crippen molar-refractivity contribution >= 4 is 35.0 Å². The van der Waals surface area contributed by atoms with Crippen LogP contribution < -0.4 is 20.8 Å². The number of pyridine rings is 1. The van der Waals surface area contributed by atoms with E-state index >= 15 is 0 Å². The number of hydrogen-bond acceptors (Lipinski definition) is 7. The molecule has 0 saturated carbocycles. The van der Waals surface area contributed by atoms with Crippen molar-refractivity contribution in [2.75, 3.05) is 17.7 Å². The summed E-state index contributed by atoms with van der Waals surface area (Å²) in [4.78, 5) is 36.1. The molecule has 2 amide bonds. The van der Waals surface area contributed by atoms with Gasteiger partial charge >= 0.3 is 0 Å². The molecule has 11 heteroatoms. The Bertz CT molecular complexity index is 1160. The molecule has 3 rings (SSSR count). The van der Waals surface area contributed by atoms with Crippen LogP contribution >= 0.6 is 11.8 Å². The van der Waals surface area contributed by atoms with Gasteiger partial charge in [-0.15, -0.1) is 10.2 Å². The number of rotatable bonds is 8. The van der Waals surface area contributed by atoms with Crippen molar-refractivity contribution < 1.29 is 14.3 Å². The zero-order chi connectivity index (χ0) is 22.4. The minimum absolute atomic E-state index is 0.0320. The number of amides is 2. The van der Waals surface area contributed by atoms with Crippen molar-refractivity contribution in [3.05, 3.63) is 58.8 Å². The van der Waals surface area contributed by atoms with Crippen molar-refractivity contribution in [1.82, 2.24) is 19.3 Å². The van der Waals surface area contributed by atoms with E-state index in [0.717, 1.165) is 0 Å². The second-order valence-corrected chi connectivity index (χ2v) is 7.59. The normalized spacial score (nSPS) is 10.5. The molecule has 0 aliphatic carbocycles. The predicted molar refractivity (Wildman–Crippen MR) is 117 cm³/mol. The second kappa shape index (κ2) is 9.94. The Labute approximate surface area is 182 Å². The van der Waals surface area contributed by atoms with Gasteiger partial charge in [0.2, 0.25) is 17.2 Å². The molecule has 0 aliphatic heterocycles. The zero-order valence-electron chi connectivity index (χ0n) is 17.3. The summed E-state index contributed by atoms with van der Waals surface area (Å²) in [6, 6.07) is 8.29. The third-order valence-corrected chi connectivity index (χ3v) is 5.27. The molecule has 0 aliphatic rings. The second-order valence-electron chi connectivity index (χ2n) is 6.65. The van der Waals surface area contributed by atoms with Crippen LogP contribution in [0.1, 0.15) is 12.6 Å². The molecule has 2 aromatic heterocycles. The van der Waals surface area contributed by atoms with Crippen LogP contribution in [0.2, 0.25) is 0 Å². The summed E-state index contributed by atoms with van der Waals surface area (Å²) in [7, 11) is 3.23. The topological polar surface area (TPSA) is 120 Å². The first-order valence-electron chi connectivity index (χ1n) is 9.27. The van der Waals surface area contributed by atoms with Gasteiger partial charge in [0.05, 0.1) is 13.3 Å². The Morgan fingerprint density at radius 1 is 1.19 bits per heavy atom. The van der Waals surface area contributed by atoms with Gasteiger partial charge in [-0.25, -0.2) is 0 Å². The Hall–Kier alpha value is -3.60. The lowest BCUT2D eigenvalue weighted by molar-refractivity contribution is -0.117. The molecule has 0 fully saturated rings. The number of anilines is 2. The maximum atomic E-state index is 12.7. The lowest BCUT2D eigenvalue weighted by Crippen LogP contribution is -2.23. The third-order valence-electron chi connectivity index (χ3n) is 4.20. The highest BCUT2D eigenvalue weighted by molar-refractivity contribution is 7.98. The number of carbonyl (C=O) groups is 2. The fourth-order valence-corrected chi connectivity index (χ4v) is 3.68. The number of benzene rings is 1. The summed E-state index contributed by atoms with van der Waals surface area (Å²) >= 11 is 1.40. The van der Waals surface area contributed by atoms with Crippen molar-refractivity contribution in [1.29, 1.82) is 0 Å². The van der Waals surface area contributed by atoms with Gasteiger partial charge in [-0.2, -0.15) is 0 Å². The summed E-state index contributed by atoms with van der Waals surface area (Å²) in [6.45, 7) is 1.38. The molecule has 2 N–H and O–H groups in total. The maximum Gasteiger partial charge on any atom is 0.244 e. The van der Waals surface area contributed by atoms with Crippen LogP contribution in [-0.4, -0.2) is 38.3 Å². The summed E-state index contributed by atoms with van der Waals surface area (Å²) in [6.07, 6.45) is 3.11. The van der Waals surface area contributed by atoms with Crippen LogP contribution in [-0.2, 0) is 28.9 Å². The SMILES string of the molecule is COc1cn(CC(=O)Nc2cccc(NC(C)=O)c2)c(CSc2nncn2C)cc1=O. The summed E-state index contributed by atoms with van der Waals surface area (Å²) < 4.78 is 8.56. The molecular weight excluding hydrogens is 420 g/mol. The molecule has 31 heavy (non-hydrogen) atoms. The smallest absolute Gasteiger partial charge is 0.244 e. The third kappa shape index (κ3) is 5.95. The zero-order valence-corrected chi connectivity index (χ0v) is 18.1. The molecule has 2 heterocycles. The van der Waals surface area contributed by atoms with E-state index in [2.05, 4.69) is 20.8 Å². The molecule has 10 nitrogen and oxygen atoms in total. The van der Waals surface area contributed by atoms with Crippen molar-refractivity contribution in [2.24, 2.45) is 7.05 Å². The van der Waals surface area contributed by atoms with Gasteiger partial charge in [-0.3, -0.25) is 14.4 Å². The van der Waals surface area contributed by atoms with Crippen molar-refractivity contribution in [3.8, 4) is 5.75 Å². The van der Waals surface area contributed by atoms with Gasteiger partial charge in [0.15, 0.2) is 10.9 Å². The summed E-state index contributed by atoms with van der Waals surface area (Å²) in [5, 5.41) is 14.0. The number of hydrogen-bond donors (Lipinski definition) is 2. The first-order chi connectivity index (χ1) is 14.9. The molecule has 0 saturated heterocycles. The number of aryl methyl sites for hydroxylation is 1. The molecule has 0 spiro atoms. The van der Waals surface area contributed by atoms with E-state index in [1.807, 2.05) is 7.05 Å². The Morgan fingerprint density at radius 3 is 2.58 bits per heavy atom. The van der Waals surface area contributed by atoms with E-state index in [-0.39, 0.29) is 29.5 Å². The van der Waals surface area contributed by atoms with Crippen LogP contribution in [0.5, 0.6) is 5.75 Å². The van der Waals surface area contributed by atoms with Crippen LogP contribution in [0.3, 0.4) is 0 Å². The summed E-state index contributed by atoms with van der Waals surface area (Å²) in [5.41, 5.74) is 1.49. The lowest BCUT2D eigenvalue weighted by atomic mass is 10.2. The van der Waals surface area contributed by atoms with Crippen molar-refractivity contribution in [2.45, 2.75) is 24.4 Å². The first kappa shape index (κ1) is 22.1. The maximum absolute atomic E-state index is 12.7. The van der Waals surface area contributed by atoms with Gasteiger partial charge in [0, 0.05) is 42.9 Å². The van der Waals surface area contributed by atoms with Crippen molar-refractivity contribution in [3.63, 3.8) is 0 Å². The molecule has 162 valence electrons. The van der Waals surface area contributed by atoms with Gasteiger partial charge < -0.3 is 24.5 Å². The number of ether oxygens (including phenoxy) is 1. The monoisotopic (exact) mass is 442 g/mol. The minimum Gasteiger partial charge on any atom is -0.491 e. The van der Waals surface area contributed by atoms with E-state index in [4.69, 9.17) is 4.74 Å². The van der Waals surface area contributed by atoms with Crippen LogP contribution in [0.4, 0.5) is 11.4 Å². The average molecular weight is 443 g/mol. The molecule has 0 unspecified atom stereocenters. The first-order valence-corrected chi connectivity index (χ1v) is 10.3. The number of methoxy groups -OCH3 is 1. The summed E-state index contributed by atoms with van der Waals surface area (Å²) in [5.74, 6) is 0.0641. The minimum atomic E-state index is -0.296. The van der Waals surface area contributed by atoms with E-state index in [1.165, 1.54) is 38.1 Å². The number of thioether (sulfide) groups is 1. The van der Waals surface area contributed by atoms with Crippen LogP contribution in [0.15, 0.2) is 52.8 Å². The van der Waals surface area contributed by atoms with E-state index < -0.39 is 0 Å². The Morgan fingerprint density at radius 2 is 1.94 bits per heavy atom. The molecule has 3 aromatic rings. The average Bonchev–Trinajstić information content (AvgIpc) is 3.12. The quantitative estimate of drug-likeness (QED) is 0.511. The number of nitrogens with zero attached hydrogens (tertiary/aromatic N) is 4. The van der Waals surface area contributed by atoms with E-state index in [0.29, 0.717) is 28.0 Å². The van der Waals surface area contributed by atoms with Gasteiger partial charge in [-0.05, 0) is 18.2 Å². The number of nitrogens with one attached hydrogen (secondary N) is 2. The van der Waals surface area contributed by atoms with E-state index in [9.17, 15) is 14.4 Å². The number of carbonyl (C=O) groups excluding carboxylic acids is 2. The standard InChI is InChI=1S/C20H22N6O4S/c1-13(27)22-14-5-4-6-15(7-14)23-19(29)10-26-9-18(30-3)17(28)8-16(26)11-31-20-24-21-12-25(20)2/h4-9,12H,10-11H2,1-3H3,(H,22,27)(H,23,29). The molecule has 0 bridgehead atoms. The molecule has 1 aromatic carbocycles. The van der Waals surface area contributed by atoms with Gasteiger partial charge in [-0.1, -0.05) is 17.8 Å². The lowest BCUT2D eigenvalue weighted by Gasteiger charge is -2.15. The van der Waals surface area contributed by atoms with E-state index in [1.54, 1.807) is 39.7 Å². The molecule has 0 atom stereocenters. The van der Waals surface area contributed by atoms with Gasteiger partial charge in [0.25, 0.3) is 0 Å². The molecular formula is C20H22N6O4S. The highest BCUT2D eigenvalue weighted by Crippen LogP contribution is 2.21. The predicted octanol–water partition coefficient (Wildman–Crippen LogP) is 1.87. The fourth-order valence-electron chi connectivity index (χ4n) is 2.79. The van der Waals surface area contributed by atoms with Gasteiger partial charge in [0.1, 0.15) is 12.9 Å². The van der Waals surface area contributed by atoms with Crippen LogP contribution in [0.25, 0.3) is 0 Å². The Balaban J connectivity index is 1.77. The highest BCUT2D eigenvalue weighted by atomic mass is 32.2. The fraction of sp³-hybridized carbons (Fsp3) is 0.250. The largest absolute Gasteiger partial charge is 0.491 e.